The third-order valence-corrected chi connectivity index (χ3v) is 2.57. The van der Waals surface area contributed by atoms with E-state index in [1.807, 2.05) is 7.05 Å². The molecule has 1 aromatic rings. The predicted octanol–water partition coefficient (Wildman–Crippen LogP) is 2.54. The number of nitrogens with one attached hydrogen (secondary N) is 2. The van der Waals surface area contributed by atoms with Crippen LogP contribution in [0.25, 0.3) is 0 Å². The molecule has 0 fully saturated rings. The molecule has 0 atom stereocenters. The molecule has 0 radical (unpaired) electrons. The molecule has 0 aliphatic rings. The molecule has 0 aliphatic heterocycles. The molecule has 7 heteroatoms. The Bertz CT molecular complexity index is 386. The van der Waals surface area contributed by atoms with Crippen LogP contribution in [0.2, 0.25) is 0 Å². The van der Waals surface area contributed by atoms with Crippen molar-refractivity contribution >= 4 is 17.8 Å². The second-order valence-electron chi connectivity index (χ2n) is 5.32. The van der Waals surface area contributed by atoms with Gasteiger partial charge in [-0.3, -0.25) is 4.84 Å². The van der Waals surface area contributed by atoms with Crippen LogP contribution in [0.15, 0.2) is 0 Å². The highest BCUT2D eigenvalue weighted by Gasteiger charge is 2.11. The van der Waals surface area contributed by atoms with Crippen LogP contribution in [0.5, 0.6) is 0 Å². The topological polar surface area (TPSA) is 75.2 Å². The standard InChI is InChI=1S/C14H28N6O/c1-6-8-15-12-17-13(16-9-7-2)19-14(18-12)20(5)21-10-11(3)4/h11H,6-10H2,1-5H3,(H2,15,16,17,18,19). The van der Waals surface area contributed by atoms with Crippen LogP contribution in [-0.4, -0.2) is 41.7 Å². The molecule has 1 rings (SSSR count). The third-order valence-electron chi connectivity index (χ3n) is 2.57. The van der Waals surface area contributed by atoms with Gasteiger partial charge in [0.15, 0.2) is 0 Å². The van der Waals surface area contributed by atoms with E-state index < -0.39 is 0 Å². The van der Waals surface area contributed by atoms with Crippen molar-refractivity contribution in [1.29, 1.82) is 0 Å². The molecule has 0 aromatic carbocycles. The van der Waals surface area contributed by atoms with Crippen molar-refractivity contribution in [3.8, 4) is 0 Å². The van der Waals surface area contributed by atoms with Gasteiger partial charge in [-0.15, -0.1) is 0 Å². The Morgan fingerprint density at radius 2 is 1.52 bits per heavy atom. The number of hydroxylamine groups is 1. The lowest BCUT2D eigenvalue weighted by molar-refractivity contribution is 0.0950. The first-order valence-electron chi connectivity index (χ1n) is 7.67. The zero-order chi connectivity index (χ0) is 15.7. The van der Waals surface area contributed by atoms with Crippen molar-refractivity contribution in [3.63, 3.8) is 0 Å². The van der Waals surface area contributed by atoms with E-state index in [1.54, 1.807) is 5.06 Å². The predicted molar refractivity (Wildman–Crippen MR) is 86.6 cm³/mol. The lowest BCUT2D eigenvalue weighted by Crippen LogP contribution is -2.24. The van der Waals surface area contributed by atoms with Gasteiger partial charge in [-0.2, -0.15) is 15.0 Å². The van der Waals surface area contributed by atoms with E-state index in [0.29, 0.717) is 30.4 Å². The Morgan fingerprint density at radius 3 is 1.95 bits per heavy atom. The molecule has 1 aromatic heterocycles. The monoisotopic (exact) mass is 296 g/mol. The Morgan fingerprint density at radius 1 is 1.00 bits per heavy atom. The van der Waals surface area contributed by atoms with E-state index in [4.69, 9.17) is 4.84 Å². The fourth-order valence-corrected chi connectivity index (χ4v) is 1.46. The van der Waals surface area contributed by atoms with Gasteiger partial charge in [0.25, 0.3) is 5.95 Å². The summed E-state index contributed by atoms with van der Waals surface area (Å²) < 4.78 is 0. The molecular weight excluding hydrogens is 268 g/mol. The van der Waals surface area contributed by atoms with E-state index in [-0.39, 0.29) is 0 Å². The van der Waals surface area contributed by atoms with Crippen molar-refractivity contribution in [1.82, 2.24) is 15.0 Å². The highest BCUT2D eigenvalue weighted by atomic mass is 16.7. The van der Waals surface area contributed by atoms with Crippen molar-refractivity contribution in [3.05, 3.63) is 0 Å². The molecular formula is C14H28N6O. The number of nitrogens with zero attached hydrogens (tertiary/aromatic N) is 4. The first kappa shape index (κ1) is 17.4. The molecule has 0 bridgehead atoms. The highest BCUT2D eigenvalue weighted by molar-refractivity contribution is 5.42. The molecule has 21 heavy (non-hydrogen) atoms. The lowest BCUT2D eigenvalue weighted by Gasteiger charge is -2.19. The summed E-state index contributed by atoms with van der Waals surface area (Å²) in [5.74, 6) is 2.09. The second kappa shape index (κ2) is 9.33. The summed E-state index contributed by atoms with van der Waals surface area (Å²) in [6.45, 7) is 10.7. The zero-order valence-corrected chi connectivity index (χ0v) is 13.8. The first-order valence-corrected chi connectivity index (χ1v) is 7.67. The van der Waals surface area contributed by atoms with Gasteiger partial charge in [-0.05, 0) is 18.8 Å². The van der Waals surface area contributed by atoms with Gasteiger partial charge in [0.1, 0.15) is 0 Å². The molecule has 0 aliphatic carbocycles. The van der Waals surface area contributed by atoms with Crippen LogP contribution in [0.3, 0.4) is 0 Å². The minimum atomic E-state index is 0.449. The Kier molecular flexibility index (Phi) is 7.74. The summed E-state index contributed by atoms with van der Waals surface area (Å²) in [5.41, 5.74) is 0. The first-order chi connectivity index (χ1) is 10.1. The summed E-state index contributed by atoms with van der Waals surface area (Å²) in [7, 11) is 1.81. The number of hydrogen-bond acceptors (Lipinski definition) is 7. The summed E-state index contributed by atoms with van der Waals surface area (Å²) in [5, 5.41) is 7.97. The smallest absolute Gasteiger partial charge is 0.256 e. The van der Waals surface area contributed by atoms with Crippen molar-refractivity contribution < 1.29 is 4.84 Å². The number of aromatic nitrogens is 3. The molecule has 0 saturated heterocycles. The third kappa shape index (κ3) is 6.57. The van der Waals surface area contributed by atoms with Gasteiger partial charge in [0.2, 0.25) is 11.9 Å². The van der Waals surface area contributed by atoms with Crippen molar-refractivity contribution in [2.75, 3.05) is 42.4 Å². The molecule has 1 heterocycles. The maximum atomic E-state index is 5.63. The SMILES string of the molecule is CCCNc1nc(NCCC)nc(N(C)OCC(C)C)n1. The van der Waals surface area contributed by atoms with E-state index in [2.05, 4.69) is 53.3 Å². The summed E-state index contributed by atoms with van der Waals surface area (Å²) >= 11 is 0. The maximum Gasteiger partial charge on any atom is 0.256 e. The minimum absolute atomic E-state index is 0.449. The number of rotatable bonds is 10. The van der Waals surface area contributed by atoms with Gasteiger partial charge in [-0.25, -0.2) is 5.06 Å². The van der Waals surface area contributed by atoms with E-state index in [0.717, 1.165) is 25.9 Å². The molecule has 0 unspecified atom stereocenters. The lowest BCUT2D eigenvalue weighted by atomic mass is 10.2. The van der Waals surface area contributed by atoms with E-state index in [9.17, 15) is 0 Å². The van der Waals surface area contributed by atoms with Crippen LogP contribution in [0, 0.1) is 5.92 Å². The zero-order valence-electron chi connectivity index (χ0n) is 13.8. The molecule has 2 N–H and O–H groups in total. The number of hydrogen-bond donors (Lipinski definition) is 2. The van der Waals surface area contributed by atoms with Gasteiger partial charge in [-0.1, -0.05) is 27.7 Å². The van der Waals surface area contributed by atoms with Crippen LogP contribution in [0.4, 0.5) is 17.8 Å². The summed E-state index contributed by atoms with van der Waals surface area (Å²) in [6.07, 6.45) is 2.02. The van der Waals surface area contributed by atoms with E-state index in [1.165, 1.54) is 0 Å². The van der Waals surface area contributed by atoms with Gasteiger partial charge in [0.05, 0.1) is 6.61 Å². The van der Waals surface area contributed by atoms with Crippen LogP contribution in [-0.2, 0) is 4.84 Å². The summed E-state index contributed by atoms with van der Waals surface area (Å²) in [4.78, 5) is 18.8. The Labute approximate surface area is 127 Å². The van der Waals surface area contributed by atoms with Crippen LogP contribution < -0.4 is 15.7 Å². The molecule has 0 saturated carbocycles. The number of anilines is 3. The van der Waals surface area contributed by atoms with Crippen LogP contribution >= 0.6 is 0 Å². The average Bonchev–Trinajstić information content (AvgIpc) is 2.48. The highest BCUT2D eigenvalue weighted by Crippen LogP contribution is 2.13. The van der Waals surface area contributed by atoms with Crippen LogP contribution in [0.1, 0.15) is 40.5 Å². The van der Waals surface area contributed by atoms with Crippen molar-refractivity contribution in [2.45, 2.75) is 40.5 Å². The fraction of sp³-hybridized carbons (Fsp3) is 0.786. The maximum absolute atomic E-state index is 5.63. The second-order valence-corrected chi connectivity index (χ2v) is 5.32. The largest absolute Gasteiger partial charge is 0.354 e. The van der Waals surface area contributed by atoms with E-state index >= 15 is 0 Å². The Hall–Kier alpha value is -1.63. The minimum Gasteiger partial charge on any atom is -0.354 e. The quantitative estimate of drug-likeness (QED) is 0.643. The van der Waals surface area contributed by atoms with Gasteiger partial charge in [0, 0.05) is 20.1 Å². The Balaban J connectivity index is 2.83. The average molecular weight is 296 g/mol. The molecule has 120 valence electrons. The fourth-order valence-electron chi connectivity index (χ4n) is 1.46. The van der Waals surface area contributed by atoms with Gasteiger partial charge < -0.3 is 10.6 Å². The van der Waals surface area contributed by atoms with Gasteiger partial charge >= 0.3 is 0 Å². The molecule has 0 spiro atoms. The molecule has 7 nitrogen and oxygen atoms in total. The normalized spacial score (nSPS) is 10.8. The molecule has 0 amide bonds. The summed E-state index contributed by atoms with van der Waals surface area (Å²) in [6, 6.07) is 0. The van der Waals surface area contributed by atoms with Crippen molar-refractivity contribution in [2.24, 2.45) is 5.92 Å².